The predicted octanol–water partition coefficient (Wildman–Crippen LogP) is 3.10. The number of benzene rings is 2. The molecule has 3 N–H and O–H groups in total. The van der Waals surface area contributed by atoms with E-state index in [4.69, 9.17) is 5.73 Å². The molecule has 1 aliphatic heterocycles. The first-order chi connectivity index (χ1) is 12.1. The van der Waals surface area contributed by atoms with E-state index < -0.39 is 17.4 Å². The van der Waals surface area contributed by atoms with E-state index in [9.17, 15) is 13.9 Å². The zero-order valence-corrected chi connectivity index (χ0v) is 14.0. The highest BCUT2D eigenvalue weighted by Gasteiger charge is 2.28. The van der Waals surface area contributed by atoms with Gasteiger partial charge in [0.05, 0.1) is 0 Å². The smallest absolute Gasteiger partial charge is 0.187 e. The average molecular weight is 347 g/mol. The van der Waals surface area contributed by atoms with E-state index >= 15 is 0 Å². The van der Waals surface area contributed by atoms with E-state index in [1.165, 1.54) is 12.1 Å². The van der Waals surface area contributed by atoms with Gasteiger partial charge in [0.1, 0.15) is 0 Å². The molecule has 1 fully saturated rings. The highest BCUT2D eigenvalue weighted by molar-refractivity contribution is 5.54. The molecule has 25 heavy (non-hydrogen) atoms. The van der Waals surface area contributed by atoms with Crippen LogP contribution in [0.5, 0.6) is 5.75 Å². The van der Waals surface area contributed by atoms with E-state index in [0.29, 0.717) is 18.8 Å². The molecular weight excluding hydrogens is 324 g/mol. The second-order valence-electron chi connectivity index (χ2n) is 6.32. The summed E-state index contributed by atoms with van der Waals surface area (Å²) in [5, 5.41) is 9.33. The summed E-state index contributed by atoms with van der Waals surface area (Å²) in [4.78, 5) is 4.30. The summed E-state index contributed by atoms with van der Waals surface area (Å²) in [7, 11) is 0. The molecule has 0 spiro atoms. The Balaban J connectivity index is 1.84. The van der Waals surface area contributed by atoms with Crippen molar-refractivity contribution in [3.05, 3.63) is 54.1 Å². The summed E-state index contributed by atoms with van der Waals surface area (Å²) in [6, 6.07) is 12.6. The topological polar surface area (TPSA) is 52.7 Å². The Morgan fingerprint density at radius 3 is 2.36 bits per heavy atom. The van der Waals surface area contributed by atoms with Gasteiger partial charge < -0.3 is 20.6 Å². The monoisotopic (exact) mass is 347 g/mol. The molecule has 0 saturated carbocycles. The minimum atomic E-state index is -0.932. The van der Waals surface area contributed by atoms with Crippen molar-refractivity contribution in [2.45, 2.75) is 18.9 Å². The number of anilines is 2. The van der Waals surface area contributed by atoms with Gasteiger partial charge in [0.15, 0.2) is 17.4 Å². The predicted molar refractivity (Wildman–Crippen MR) is 96.1 cm³/mol. The number of nitrogens with two attached hydrogens (primary N) is 1. The van der Waals surface area contributed by atoms with Gasteiger partial charge in [-0.1, -0.05) is 18.2 Å². The molecule has 2 aromatic rings. The molecule has 3 rings (SSSR count). The van der Waals surface area contributed by atoms with Gasteiger partial charge in [-0.25, -0.2) is 8.78 Å². The number of piperazine rings is 1. The van der Waals surface area contributed by atoms with Crippen LogP contribution in [0.3, 0.4) is 0 Å². The lowest BCUT2D eigenvalue weighted by atomic mass is 10.0. The first-order valence-electron chi connectivity index (χ1n) is 8.55. The van der Waals surface area contributed by atoms with Crippen LogP contribution in [0.2, 0.25) is 0 Å². The number of hydrogen-bond acceptors (Lipinski definition) is 4. The average Bonchev–Trinajstić information content (AvgIpc) is 2.64. The molecule has 0 aromatic heterocycles. The fourth-order valence-electron chi connectivity index (χ4n) is 3.39. The minimum Gasteiger partial charge on any atom is -0.503 e. The lowest BCUT2D eigenvalue weighted by Crippen LogP contribution is -2.53. The minimum absolute atomic E-state index is 0.0980. The van der Waals surface area contributed by atoms with Crippen molar-refractivity contribution in [1.29, 1.82) is 0 Å². The van der Waals surface area contributed by atoms with Gasteiger partial charge in [0.25, 0.3) is 0 Å². The summed E-state index contributed by atoms with van der Waals surface area (Å²) >= 11 is 0. The largest absolute Gasteiger partial charge is 0.503 e. The summed E-state index contributed by atoms with van der Waals surface area (Å²) < 4.78 is 27.5. The number of rotatable bonds is 5. The Morgan fingerprint density at radius 2 is 1.72 bits per heavy atom. The zero-order chi connectivity index (χ0) is 17.8. The molecule has 1 unspecified atom stereocenters. The molecule has 1 heterocycles. The van der Waals surface area contributed by atoms with Gasteiger partial charge in [-0.15, -0.1) is 0 Å². The van der Waals surface area contributed by atoms with Crippen molar-refractivity contribution in [3.8, 4) is 5.75 Å². The fourth-order valence-corrected chi connectivity index (χ4v) is 3.39. The normalized spacial score (nSPS) is 17.8. The van der Waals surface area contributed by atoms with Crippen molar-refractivity contribution in [2.24, 2.45) is 5.73 Å². The van der Waals surface area contributed by atoms with Gasteiger partial charge in [0, 0.05) is 49.2 Å². The number of nitrogens with zero attached hydrogens (tertiary/aromatic N) is 2. The van der Waals surface area contributed by atoms with Crippen molar-refractivity contribution in [1.82, 2.24) is 0 Å². The number of halogens is 2. The Bertz CT molecular complexity index is 688. The second-order valence-corrected chi connectivity index (χ2v) is 6.32. The lowest BCUT2D eigenvalue weighted by Gasteiger charge is -2.44. The molecule has 6 heteroatoms. The maximum atomic E-state index is 13.8. The molecule has 4 nitrogen and oxygen atoms in total. The van der Waals surface area contributed by atoms with Gasteiger partial charge in [0.2, 0.25) is 0 Å². The molecule has 0 aliphatic carbocycles. The van der Waals surface area contributed by atoms with Crippen molar-refractivity contribution >= 4 is 11.4 Å². The maximum absolute atomic E-state index is 13.8. The third-order valence-electron chi connectivity index (χ3n) is 4.68. The summed E-state index contributed by atoms with van der Waals surface area (Å²) in [6.45, 7) is 2.74. The Labute approximate surface area is 146 Å². The molecule has 1 saturated heterocycles. The van der Waals surface area contributed by atoms with Crippen molar-refractivity contribution < 1.29 is 13.9 Å². The number of phenols is 1. The third kappa shape index (κ3) is 3.85. The molecular formula is C19H23F2N3O. The van der Waals surface area contributed by atoms with E-state index in [-0.39, 0.29) is 6.04 Å². The van der Waals surface area contributed by atoms with Crippen LogP contribution in [0.15, 0.2) is 42.5 Å². The van der Waals surface area contributed by atoms with Crippen LogP contribution in [0.25, 0.3) is 0 Å². The van der Waals surface area contributed by atoms with Crippen molar-refractivity contribution in [3.63, 3.8) is 0 Å². The summed E-state index contributed by atoms with van der Waals surface area (Å²) in [5.74, 6) is -2.79. The summed E-state index contributed by atoms with van der Waals surface area (Å²) in [5.41, 5.74) is 7.26. The maximum Gasteiger partial charge on any atom is 0.187 e. The molecule has 0 radical (unpaired) electrons. The highest BCUT2D eigenvalue weighted by atomic mass is 19.1. The number of hydrogen-bond donors (Lipinski definition) is 2. The summed E-state index contributed by atoms with van der Waals surface area (Å²) in [6.07, 6.45) is 1.68. The first-order valence-corrected chi connectivity index (χ1v) is 8.55. The zero-order valence-electron chi connectivity index (χ0n) is 14.0. The van der Waals surface area contributed by atoms with Crippen LogP contribution >= 0.6 is 0 Å². The number of aromatic hydroxyl groups is 1. The van der Waals surface area contributed by atoms with E-state index in [0.717, 1.165) is 31.6 Å². The number of phenolic OH excluding ortho intramolecular Hbond substituents is 1. The molecule has 134 valence electrons. The molecule has 1 atom stereocenters. The van der Waals surface area contributed by atoms with Crippen LogP contribution in [-0.2, 0) is 0 Å². The fraction of sp³-hybridized carbons (Fsp3) is 0.368. The first kappa shape index (κ1) is 17.5. The Kier molecular flexibility index (Phi) is 5.38. The lowest BCUT2D eigenvalue weighted by molar-refractivity contribution is 0.395. The van der Waals surface area contributed by atoms with Gasteiger partial charge >= 0.3 is 0 Å². The van der Waals surface area contributed by atoms with Crippen LogP contribution in [0, 0.1) is 11.6 Å². The van der Waals surface area contributed by atoms with Crippen LogP contribution in [-0.4, -0.2) is 37.3 Å². The molecule has 0 amide bonds. The Hall–Kier alpha value is -2.34. The number of para-hydroxylation sites is 1. The van der Waals surface area contributed by atoms with Crippen LogP contribution in [0.4, 0.5) is 20.2 Å². The third-order valence-corrected chi connectivity index (χ3v) is 4.68. The van der Waals surface area contributed by atoms with Crippen LogP contribution in [0.1, 0.15) is 12.8 Å². The van der Waals surface area contributed by atoms with Crippen molar-refractivity contribution in [2.75, 3.05) is 36.0 Å². The SMILES string of the molecule is NCCCC1CN(c2ccccc2)CCN1c1cc(F)c(O)c(F)c1. The standard InChI is InChI=1S/C19H23F2N3O/c20-17-11-16(12-18(21)19(17)25)24-10-9-23(13-15(24)7-4-8-22)14-5-2-1-3-6-14/h1-3,5-6,11-12,15,25H,4,7-10,13,22H2. The highest BCUT2D eigenvalue weighted by Crippen LogP contribution is 2.31. The Morgan fingerprint density at radius 1 is 1.04 bits per heavy atom. The quantitative estimate of drug-likeness (QED) is 0.873. The van der Waals surface area contributed by atoms with E-state index in [1.54, 1.807) is 0 Å². The second kappa shape index (κ2) is 7.70. The van der Waals surface area contributed by atoms with E-state index in [2.05, 4.69) is 17.0 Å². The van der Waals surface area contributed by atoms with Gasteiger partial charge in [-0.3, -0.25) is 0 Å². The molecule has 1 aliphatic rings. The van der Waals surface area contributed by atoms with Gasteiger partial charge in [-0.2, -0.15) is 0 Å². The molecule has 0 bridgehead atoms. The molecule has 2 aromatic carbocycles. The van der Waals surface area contributed by atoms with Crippen LogP contribution < -0.4 is 15.5 Å². The van der Waals surface area contributed by atoms with Gasteiger partial charge in [-0.05, 0) is 31.5 Å². The van der Waals surface area contributed by atoms with E-state index in [1.807, 2.05) is 23.1 Å².